The van der Waals surface area contributed by atoms with Gasteiger partial charge < -0.3 is 19.7 Å². The number of para-hydroxylation sites is 2. The van der Waals surface area contributed by atoms with Crippen molar-refractivity contribution in [3.05, 3.63) is 104 Å². The fraction of sp³-hybridized carbons (Fsp3) is 0.308. The second-order valence-corrected chi connectivity index (χ2v) is 12.1. The third-order valence-corrected chi connectivity index (χ3v) is 7.62. The normalized spacial score (nSPS) is 11.5. The molecule has 43 heavy (non-hydrogen) atoms. The summed E-state index contributed by atoms with van der Waals surface area (Å²) < 4.78 is 69.9. The van der Waals surface area contributed by atoms with E-state index in [0.717, 1.165) is 11.4 Å². The van der Waals surface area contributed by atoms with Crippen molar-refractivity contribution < 1.29 is 25.9 Å². The largest absolute Gasteiger partial charge is 2.00 e. The molecule has 228 valence electrons. The molecule has 4 rings (SSSR count). The monoisotopic (exact) mass is 644 g/mol. The molecule has 2 aromatic heterocycles. The summed E-state index contributed by atoms with van der Waals surface area (Å²) in [4.78, 5) is 24.9. The van der Waals surface area contributed by atoms with Crippen LogP contribution in [0.15, 0.2) is 70.3 Å². The number of benzene rings is 2. The molecule has 4 aromatic rings. The van der Waals surface area contributed by atoms with Crippen molar-refractivity contribution in [3.63, 3.8) is 0 Å². The maximum absolute atomic E-state index is 12.4. The molecule has 17 heteroatoms. The summed E-state index contributed by atoms with van der Waals surface area (Å²) in [6.45, 7) is 3.59. The first-order chi connectivity index (χ1) is 19.6. The van der Waals surface area contributed by atoms with Gasteiger partial charge in [-0.1, -0.05) is 36.4 Å². The Morgan fingerprint density at radius 3 is 1.21 bits per heavy atom. The van der Waals surface area contributed by atoms with Crippen LogP contribution in [-0.2, 0) is 47.4 Å². The van der Waals surface area contributed by atoms with E-state index in [1.807, 2.05) is 36.4 Å². The first-order valence-electron chi connectivity index (χ1n) is 12.6. The average Bonchev–Trinajstić information content (AvgIpc) is 3.26. The van der Waals surface area contributed by atoms with E-state index < -0.39 is 32.0 Å². The molecule has 0 saturated carbocycles. The van der Waals surface area contributed by atoms with Crippen molar-refractivity contribution in [1.82, 2.24) is 29.4 Å². The van der Waals surface area contributed by atoms with Crippen molar-refractivity contribution in [2.75, 3.05) is 11.8 Å². The fourth-order valence-electron chi connectivity index (χ4n) is 4.26. The molecule has 2 aromatic carbocycles. The molecule has 0 amide bonds. The van der Waals surface area contributed by atoms with Gasteiger partial charge in [0.05, 0.1) is 34.3 Å². The standard InChI is InChI=1S/2C13H17N3O4S.Mg/c2*1-10-12(8-14-9-21(18,19)20)13(17)16(15(10)2)11-6-4-3-5-7-11;/h2*3-7,14H,8-9H2,1-2H3,(H,18,19,20);/q;;+2/p-2. The second-order valence-electron chi connectivity index (χ2n) is 9.34. The maximum Gasteiger partial charge on any atom is 2.00 e. The van der Waals surface area contributed by atoms with Crippen LogP contribution in [-0.4, -0.2) is 79.5 Å². The first-order valence-corrected chi connectivity index (χ1v) is 15.7. The van der Waals surface area contributed by atoms with Gasteiger partial charge in [0, 0.05) is 38.6 Å². The number of nitrogens with one attached hydrogen (secondary N) is 2. The topological polar surface area (TPSA) is 192 Å². The minimum Gasteiger partial charge on any atom is -0.747 e. The van der Waals surface area contributed by atoms with Gasteiger partial charge in [-0.15, -0.1) is 0 Å². The van der Waals surface area contributed by atoms with Gasteiger partial charge in [0.1, 0.15) is 20.2 Å². The summed E-state index contributed by atoms with van der Waals surface area (Å²) in [5, 5.41) is 4.98. The minimum atomic E-state index is -4.35. The summed E-state index contributed by atoms with van der Waals surface area (Å²) in [5.74, 6) is -1.40. The van der Waals surface area contributed by atoms with Crippen molar-refractivity contribution in [2.24, 2.45) is 14.1 Å². The van der Waals surface area contributed by atoms with Crippen LogP contribution >= 0.6 is 0 Å². The number of nitrogens with zero attached hydrogens (tertiary/aromatic N) is 4. The maximum atomic E-state index is 12.4. The predicted octanol–water partition coefficient (Wildman–Crippen LogP) is -0.227. The molecule has 0 fully saturated rings. The fourth-order valence-corrected chi connectivity index (χ4v) is 4.96. The van der Waals surface area contributed by atoms with Gasteiger partial charge in [0.15, 0.2) is 0 Å². The van der Waals surface area contributed by atoms with Crippen molar-refractivity contribution >= 4 is 43.3 Å². The van der Waals surface area contributed by atoms with Crippen molar-refractivity contribution in [3.8, 4) is 11.4 Å². The van der Waals surface area contributed by atoms with E-state index in [1.54, 1.807) is 61.6 Å². The zero-order valence-corrected chi connectivity index (χ0v) is 27.2. The number of rotatable bonds is 10. The third-order valence-electron chi connectivity index (χ3n) is 6.51. The molecular formula is C26H32MgN6O8S2. The molecule has 0 aliphatic heterocycles. The number of hydrogen-bond acceptors (Lipinski definition) is 10. The third kappa shape index (κ3) is 9.47. The van der Waals surface area contributed by atoms with Crippen molar-refractivity contribution in [1.29, 1.82) is 0 Å². The SMILES string of the molecule is Cc1c(CNCS(=O)(=O)[O-])c(=O)n(-c2ccccc2)n1C.Cc1c(CNCS(=O)(=O)[O-])c(=O)n(-c2ccccc2)n1C.[Mg+2]. The van der Waals surface area contributed by atoms with Gasteiger partial charge >= 0.3 is 23.1 Å². The minimum absolute atomic E-state index is 0. The molecule has 0 aliphatic rings. The molecule has 2 heterocycles. The molecule has 14 nitrogen and oxygen atoms in total. The van der Waals surface area contributed by atoms with E-state index >= 15 is 0 Å². The quantitative estimate of drug-likeness (QED) is 0.172. The molecule has 0 atom stereocenters. The summed E-state index contributed by atoms with van der Waals surface area (Å²) in [7, 11) is -5.21. The van der Waals surface area contributed by atoms with Gasteiger partial charge in [-0.05, 0) is 38.1 Å². The van der Waals surface area contributed by atoms with Gasteiger partial charge in [-0.3, -0.25) is 19.0 Å². The predicted molar refractivity (Wildman–Crippen MR) is 160 cm³/mol. The molecule has 0 unspecified atom stereocenters. The van der Waals surface area contributed by atoms with E-state index in [4.69, 9.17) is 0 Å². The van der Waals surface area contributed by atoms with Gasteiger partial charge in [-0.2, -0.15) is 0 Å². The molecular weight excluding hydrogens is 613 g/mol. The van der Waals surface area contributed by atoms with Crippen LogP contribution in [0.25, 0.3) is 11.4 Å². The Bertz CT molecular complexity index is 1730. The summed E-state index contributed by atoms with van der Waals surface area (Å²) in [6.07, 6.45) is 0. The van der Waals surface area contributed by atoms with E-state index in [2.05, 4.69) is 10.6 Å². The molecule has 0 aliphatic carbocycles. The van der Waals surface area contributed by atoms with Gasteiger partial charge in [-0.25, -0.2) is 26.2 Å². The Hall–Kier alpha value is -3.03. The summed E-state index contributed by atoms with van der Waals surface area (Å²) >= 11 is 0. The van der Waals surface area contributed by atoms with Crippen molar-refractivity contribution in [2.45, 2.75) is 26.9 Å². The first kappa shape index (κ1) is 36.2. The van der Waals surface area contributed by atoms with E-state index in [1.165, 1.54) is 9.36 Å². The zero-order chi connectivity index (χ0) is 31.2. The Labute approximate surface area is 265 Å². The van der Waals surface area contributed by atoms with Gasteiger partial charge in [0.25, 0.3) is 11.1 Å². The second kappa shape index (κ2) is 15.1. The van der Waals surface area contributed by atoms with Crippen LogP contribution in [0.1, 0.15) is 22.5 Å². The van der Waals surface area contributed by atoms with E-state index in [9.17, 15) is 35.5 Å². The Morgan fingerprint density at radius 2 is 0.930 bits per heavy atom. The molecule has 0 bridgehead atoms. The van der Waals surface area contributed by atoms with Crippen LogP contribution in [0.2, 0.25) is 0 Å². The molecule has 0 radical (unpaired) electrons. The average molecular weight is 645 g/mol. The summed E-state index contributed by atoms with van der Waals surface area (Å²) in [5.41, 5.74) is 3.25. The molecule has 2 N–H and O–H groups in total. The van der Waals surface area contributed by atoms with Crippen LogP contribution in [0.3, 0.4) is 0 Å². The van der Waals surface area contributed by atoms with E-state index in [0.29, 0.717) is 22.5 Å². The van der Waals surface area contributed by atoms with E-state index in [-0.39, 0.29) is 47.3 Å². The number of hydrogen-bond donors (Lipinski definition) is 2. The molecule has 0 saturated heterocycles. The Kier molecular flexibility index (Phi) is 12.7. The molecule has 0 spiro atoms. The Morgan fingerprint density at radius 1 is 0.628 bits per heavy atom. The van der Waals surface area contributed by atoms with Gasteiger partial charge in [0.2, 0.25) is 0 Å². The van der Waals surface area contributed by atoms with Crippen LogP contribution in [0.4, 0.5) is 0 Å². The van der Waals surface area contributed by atoms with Crippen LogP contribution < -0.4 is 21.8 Å². The Balaban J connectivity index is 0.000000293. The van der Waals surface area contributed by atoms with Crippen LogP contribution in [0.5, 0.6) is 0 Å². The smallest absolute Gasteiger partial charge is 0.747 e. The summed E-state index contributed by atoms with van der Waals surface area (Å²) in [6, 6.07) is 18.2. The zero-order valence-electron chi connectivity index (χ0n) is 24.2. The number of aromatic nitrogens is 4. The van der Waals surface area contributed by atoms with Crippen LogP contribution in [0, 0.1) is 13.8 Å².